The van der Waals surface area contributed by atoms with E-state index in [4.69, 9.17) is 4.52 Å². The van der Waals surface area contributed by atoms with Crippen LogP contribution in [0.15, 0.2) is 53.1 Å². The van der Waals surface area contributed by atoms with Crippen LogP contribution in [-0.4, -0.2) is 28.1 Å². The molecule has 3 aromatic rings. The highest BCUT2D eigenvalue weighted by atomic mass is 19.4. The number of hydrogen-bond acceptors (Lipinski definition) is 5. The van der Waals surface area contributed by atoms with E-state index in [9.17, 15) is 13.2 Å². The Hall–Kier alpha value is -2.87. The molecular weight excluding hydrogens is 381 g/mol. The summed E-state index contributed by atoms with van der Waals surface area (Å²) in [6.07, 6.45) is -4.37. The van der Waals surface area contributed by atoms with E-state index >= 15 is 0 Å². The van der Waals surface area contributed by atoms with Crippen LogP contribution in [0.3, 0.4) is 0 Å². The lowest BCUT2D eigenvalue weighted by Gasteiger charge is -2.20. The van der Waals surface area contributed by atoms with Crippen molar-refractivity contribution in [3.05, 3.63) is 65.5 Å². The molecule has 0 aliphatic heterocycles. The molecule has 0 radical (unpaired) electrons. The molecule has 0 aliphatic carbocycles. The van der Waals surface area contributed by atoms with Gasteiger partial charge < -0.3 is 9.84 Å². The molecule has 8 heteroatoms. The minimum Gasteiger partial charge on any atom is -0.376 e. The number of nitrogens with zero attached hydrogens (tertiary/aromatic N) is 3. The third kappa shape index (κ3) is 5.35. The van der Waals surface area contributed by atoms with E-state index in [0.29, 0.717) is 18.0 Å². The Morgan fingerprint density at radius 3 is 2.34 bits per heavy atom. The number of para-hydroxylation sites is 1. The van der Waals surface area contributed by atoms with E-state index in [1.807, 2.05) is 18.2 Å². The first-order valence-corrected chi connectivity index (χ1v) is 9.45. The molecule has 154 valence electrons. The van der Waals surface area contributed by atoms with E-state index < -0.39 is 11.7 Å². The zero-order valence-electron chi connectivity index (χ0n) is 16.3. The Balaban J connectivity index is 1.67. The monoisotopic (exact) mass is 404 g/mol. The van der Waals surface area contributed by atoms with Gasteiger partial charge in [0.25, 0.3) is 0 Å². The molecule has 0 amide bonds. The number of alkyl halides is 3. The van der Waals surface area contributed by atoms with Gasteiger partial charge in [-0.2, -0.15) is 18.2 Å². The second-order valence-electron chi connectivity index (χ2n) is 6.56. The van der Waals surface area contributed by atoms with Crippen LogP contribution in [0.25, 0.3) is 11.4 Å². The molecule has 0 saturated heterocycles. The standard InChI is InChI=1S/C21H23F3N4O/c1-3-28(4-2)14-16-7-5-6-8-18(16)25-13-19-26-20(27-29-19)15-9-11-17(12-10-15)21(22,23)24/h5-12,25H,3-4,13-14H2,1-2H3. The summed E-state index contributed by atoms with van der Waals surface area (Å²) < 4.78 is 43.3. The summed E-state index contributed by atoms with van der Waals surface area (Å²) in [7, 11) is 0. The van der Waals surface area contributed by atoms with Crippen molar-refractivity contribution in [3.8, 4) is 11.4 Å². The van der Waals surface area contributed by atoms with Gasteiger partial charge in [0, 0.05) is 17.8 Å². The van der Waals surface area contributed by atoms with E-state index in [0.717, 1.165) is 37.5 Å². The van der Waals surface area contributed by atoms with Gasteiger partial charge >= 0.3 is 6.18 Å². The van der Waals surface area contributed by atoms with E-state index in [-0.39, 0.29) is 5.82 Å². The predicted octanol–water partition coefficient (Wildman–Crippen LogP) is 5.21. The molecule has 1 N–H and O–H groups in total. The highest BCUT2D eigenvalue weighted by molar-refractivity contribution is 5.55. The fraction of sp³-hybridized carbons (Fsp3) is 0.333. The highest BCUT2D eigenvalue weighted by Crippen LogP contribution is 2.30. The molecule has 0 unspecified atom stereocenters. The first-order valence-electron chi connectivity index (χ1n) is 9.45. The van der Waals surface area contributed by atoms with E-state index in [1.165, 1.54) is 17.7 Å². The fourth-order valence-electron chi connectivity index (χ4n) is 2.94. The van der Waals surface area contributed by atoms with Crippen molar-refractivity contribution in [2.75, 3.05) is 18.4 Å². The summed E-state index contributed by atoms with van der Waals surface area (Å²) in [5.41, 5.74) is 1.90. The van der Waals surface area contributed by atoms with Crippen LogP contribution in [0, 0.1) is 0 Å². The first kappa shape index (κ1) is 20.9. The summed E-state index contributed by atoms with van der Waals surface area (Å²) in [5.74, 6) is 0.615. The van der Waals surface area contributed by atoms with Crippen molar-refractivity contribution in [1.82, 2.24) is 15.0 Å². The van der Waals surface area contributed by atoms with Crippen molar-refractivity contribution in [3.63, 3.8) is 0 Å². The summed E-state index contributed by atoms with van der Waals surface area (Å²) in [4.78, 5) is 6.59. The number of hydrogen-bond donors (Lipinski definition) is 1. The largest absolute Gasteiger partial charge is 0.416 e. The lowest BCUT2D eigenvalue weighted by atomic mass is 10.1. The van der Waals surface area contributed by atoms with Gasteiger partial charge in [0.15, 0.2) is 0 Å². The van der Waals surface area contributed by atoms with Crippen LogP contribution in [-0.2, 0) is 19.3 Å². The Labute approximate surface area is 167 Å². The molecule has 0 spiro atoms. The van der Waals surface area contributed by atoms with Gasteiger partial charge in [-0.15, -0.1) is 0 Å². The number of benzene rings is 2. The van der Waals surface area contributed by atoms with Gasteiger partial charge in [-0.1, -0.05) is 49.3 Å². The zero-order chi connectivity index (χ0) is 20.9. The smallest absolute Gasteiger partial charge is 0.376 e. The molecule has 5 nitrogen and oxygen atoms in total. The maximum Gasteiger partial charge on any atom is 0.416 e. The Morgan fingerprint density at radius 2 is 1.69 bits per heavy atom. The van der Waals surface area contributed by atoms with Crippen molar-refractivity contribution in [2.24, 2.45) is 0 Å². The number of nitrogens with one attached hydrogen (secondary N) is 1. The second-order valence-corrected chi connectivity index (χ2v) is 6.56. The molecule has 1 heterocycles. The molecule has 0 atom stereocenters. The highest BCUT2D eigenvalue weighted by Gasteiger charge is 2.30. The van der Waals surface area contributed by atoms with Crippen LogP contribution in [0.1, 0.15) is 30.9 Å². The number of rotatable bonds is 8. The Bertz CT molecular complexity index is 918. The third-order valence-corrected chi connectivity index (χ3v) is 4.67. The van der Waals surface area contributed by atoms with Gasteiger partial charge in [0.1, 0.15) is 0 Å². The van der Waals surface area contributed by atoms with Crippen LogP contribution >= 0.6 is 0 Å². The number of halogens is 3. The van der Waals surface area contributed by atoms with Crippen molar-refractivity contribution in [1.29, 1.82) is 0 Å². The van der Waals surface area contributed by atoms with Gasteiger partial charge in [0.2, 0.25) is 11.7 Å². The maximum atomic E-state index is 12.7. The summed E-state index contributed by atoms with van der Waals surface area (Å²) in [6.45, 7) is 7.33. The Morgan fingerprint density at radius 1 is 1.00 bits per heavy atom. The lowest BCUT2D eigenvalue weighted by molar-refractivity contribution is -0.137. The third-order valence-electron chi connectivity index (χ3n) is 4.67. The van der Waals surface area contributed by atoms with Crippen LogP contribution in [0.4, 0.5) is 18.9 Å². The molecule has 3 rings (SSSR count). The SMILES string of the molecule is CCN(CC)Cc1ccccc1NCc1nc(-c2ccc(C(F)(F)F)cc2)no1. The lowest BCUT2D eigenvalue weighted by Crippen LogP contribution is -2.22. The average Bonchev–Trinajstić information content (AvgIpc) is 3.19. The van der Waals surface area contributed by atoms with Crippen LogP contribution < -0.4 is 5.32 Å². The molecule has 0 bridgehead atoms. The second kappa shape index (κ2) is 9.09. The number of anilines is 1. The van der Waals surface area contributed by atoms with Crippen molar-refractivity contribution in [2.45, 2.75) is 33.1 Å². The minimum absolute atomic E-state index is 0.256. The van der Waals surface area contributed by atoms with Gasteiger partial charge in [0.05, 0.1) is 12.1 Å². The fourth-order valence-corrected chi connectivity index (χ4v) is 2.94. The topological polar surface area (TPSA) is 54.2 Å². The zero-order valence-corrected chi connectivity index (χ0v) is 16.3. The predicted molar refractivity (Wildman–Crippen MR) is 105 cm³/mol. The summed E-state index contributed by atoms with van der Waals surface area (Å²) >= 11 is 0. The van der Waals surface area contributed by atoms with Gasteiger partial charge in [-0.05, 0) is 36.9 Å². The van der Waals surface area contributed by atoms with Crippen molar-refractivity contribution >= 4 is 5.69 Å². The molecular formula is C21H23F3N4O. The molecule has 1 aromatic heterocycles. The molecule has 0 saturated carbocycles. The number of aromatic nitrogens is 2. The summed E-state index contributed by atoms with van der Waals surface area (Å²) in [5, 5.41) is 7.18. The van der Waals surface area contributed by atoms with Gasteiger partial charge in [-0.3, -0.25) is 4.90 Å². The molecule has 2 aromatic carbocycles. The van der Waals surface area contributed by atoms with Crippen LogP contribution in [0.2, 0.25) is 0 Å². The minimum atomic E-state index is -4.37. The first-order chi connectivity index (χ1) is 13.9. The van der Waals surface area contributed by atoms with E-state index in [2.05, 4.69) is 40.3 Å². The average molecular weight is 404 g/mol. The van der Waals surface area contributed by atoms with Crippen molar-refractivity contribution < 1.29 is 17.7 Å². The molecule has 0 aliphatic rings. The maximum absolute atomic E-state index is 12.7. The normalized spacial score (nSPS) is 11.8. The quantitative estimate of drug-likeness (QED) is 0.559. The van der Waals surface area contributed by atoms with E-state index in [1.54, 1.807) is 0 Å². The van der Waals surface area contributed by atoms with Gasteiger partial charge in [-0.25, -0.2) is 0 Å². The van der Waals surface area contributed by atoms with Crippen LogP contribution in [0.5, 0.6) is 0 Å². The molecule has 29 heavy (non-hydrogen) atoms. The summed E-state index contributed by atoms with van der Waals surface area (Å²) in [6, 6.07) is 12.7. The Kier molecular flexibility index (Phi) is 6.53. The molecule has 0 fully saturated rings.